The Bertz CT molecular complexity index is 614. The number of nitrogens with zero attached hydrogens (tertiary/aromatic N) is 2. The number of phenolic OH excluding ortho intramolecular Hbond substituents is 1. The molecular weight excluding hydrogens is 260 g/mol. The zero-order chi connectivity index (χ0) is 15.2. The topological polar surface area (TPSA) is 35.8 Å². The van der Waals surface area contributed by atoms with E-state index in [4.69, 9.17) is 0 Å². The van der Waals surface area contributed by atoms with Crippen LogP contribution in [0, 0.1) is 6.92 Å². The minimum Gasteiger partial charge on any atom is -0.508 e. The third kappa shape index (κ3) is 3.85. The first-order valence-corrected chi connectivity index (χ1v) is 7.32. The molecule has 21 heavy (non-hydrogen) atoms. The van der Waals surface area contributed by atoms with Crippen LogP contribution in [-0.2, 0) is 0 Å². The lowest BCUT2D eigenvalue weighted by atomic mass is 10.2. The SMILES string of the molecule is CCN(CC)c1ccc(/C=N/c2ccc(O)cc2C)cc1. The van der Waals surface area contributed by atoms with Crippen molar-refractivity contribution in [3.63, 3.8) is 0 Å². The summed E-state index contributed by atoms with van der Waals surface area (Å²) in [4.78, 5) is 6.79. The molecule has 0 amide bonds. The summed E-state index contributed by atoms with van der Waals surface area (Å²) < 4.78 is 0. The van der Waals surface area contributed by atoms with E-state index in [0.29, 0.717) is 0 Å². The molecule has 0 radical (unpaired) electrons. The number of hydrogen-bond donors (Lipinski definition) is 1. The molecule has 3 heteroatoms. The number of rotatable bonds is 5. The van der Waals surface area contributed by atoms with E-state index in [-0.39, 0.29) is 5.75 Å². The lowest BCUT2D eigenvalue weighted by Gasteiger charge is -2.20. The second-order valence-electron chi connectivity index (χ2n) is 4.99. The Morgan fingerprint density at radius 1 is 1.05 bits per heavy atom. The van der Waals surface area contributed by atoms with Crippen LogP contribution < -0.4 is 4.90 Å². The van der Waals surface area contributed by atoms with E-state index >= 15 is 0 Å². The van der Waals surface area contributed by atoms with Crippen molar-refractivity contribution in [2.75, 3.05) is 18.0 Å². The van der Waals surface area contributed by atoms with Crippen molar-refractivity contribution in [1.29, 1.82) is 0 Å². The summed E-state index contributed by atoms with van der Waals surface area (Å²) >= 11 is 0. The molecule has 0 aliphatic rings. The molecule has 110 valence electrons. The van der Waals surface area contributed by atoms with Crippen LogP contribution in [0.25, 0.3) is 0 Å². The minimum atomic E-state index is 0.273. The van der Waals surface area contributed by atoms with Gasteiger partial charge in [-0.3, -0.25) is 4.99 Å². The molecule has 2 aromatic rings. The van der Waals surface area contributed by atoms with E-state index in [1.165, 1.54) is 5.69 Å². The van der Waals surface area contributed by atoms with Crippen molar-refractivity contribution in [3.05, 3.63) is 53.6 Å². The second kappa shape index (κ2) is 6.93. The standard InChI is InChI=1S/C18H22N2O/c1-4-20(5-2)16-8-6-15(7-9-16)13-19-18-11-10-17(21)12-14(18)3/h6-13,21H,4-5H2,1-3H3/b19-13+. The lowest BCUT2D eigenvalue weighted by Crippen LogP contribution is -2.21. The Kier molecular flexibility index (Phi) is 4.99. The van der Waals surface area contributed by atoms with Gasteiger partial charge in [0.1, 0.15) is 5.75 Å². The van der Waals surface area contributed by atoms with Gasteiger partial charge in [0, 0.05) is 25.0 Å². The molecule has 0 bridgehead atoms. The number of benzene rings is 2. The molecule has 0 heterocycles. The average molecular weight is 282 g/mol. The van der Waals surface area contributed by atoms with Crippen molar-refractivity contribution >= 4 is 17.6 Å². The zero-order valence-corrected chi connectivity index (χ0v) is 12.9. The zero-order valence-electron chi connectivity index (χ0n) is 12.9. The molecule has 0 saturated carbocycles. The molecule has 0 unspecified atom stereocenters. The molecule has 0 aromatic heterocycles. The molecule has 2 rings (SSSR count). The van der Waals surface area contributed by atoms with Crippen LogP contribution in [0.5, 0.6) is 5.75 Å². The first-order chi connectivity index (χ1) is 10.1. The van der Waals surface area contributed by atoms with Crippen LogP contribution in [0.15, 0.2) is 47.5 Å². The predicted molar refractivity (Wildman–Crippen MR) is 90.1 cm³/mol. The normalized spacial score (nSPS) is 11.0. The van der Waals surface area contributed by atoms with Gasteiger partial charge in [-0.05, 0) is 62.2 Å². The molecule has 3 nitrogen and oxygen atoms in total. The van der Waals surface area contributed by atoms with Gasteiger partial charge in [-0.1, -0.05) is 12.1 Å². The summed E-state index contributed by atoms with van der Waals surface area (Å²) in [5, 5.41) is 9.40. The minimum absolute atomic E-state index is 0.273. The molecule has 0 spiro atoms. The number of phenols is 1. The fourth-order valence-electron chi connectivity index (χ4n) is 2.29. The van der Waals surface area contributed by atoms with E-state index in [2.05, 4.69) is 48.0 Å². The number of aryl methyl sites for hydroxylation is 1. The Hall–Kier alpha value is -2.29. The summed E-state index contributed by atoms with van der Waals surface area (Å²) in [6, 6.07) is 13.6. The third-order valence-electron chi connectivity index (χ3n) is 3.55. The number of hydrogen-bond acceptors (Lipinski definition) is 3. The van der Waals surface area contributed by atoms with E-state index in [1.807, 2.05) is 19.2 Å². The summed E-state index contributed by atoms with van der Waals surface area (Å²) in [6.45, 7) is 8.28. The Balaban J connectivity index is 2.14. The summed E-state index contributed by atoms with van der Waals surface area (Å²) in [5.41, 5.74) is 4.14. The van der Waals surface area contributed by atoms with Crippen molar-refractivity contribution < 1.29 is 5.11 Å². The lowest BCUT2D eigenvalue weighted by molar-refractivity contribution is 0.475. The van der Waals surface area contributed by atoms with E-state index < -0.39 is 0 Å². The average Bonchev–Trinajstić information content (AvgIpc) is 2.49. The van der Waals surface area contributed by atoms with Gasteiger partial charge in [-0.2, -0.15) is 0 Å². The van der Waals surface area contributed by atoms with Gasteiger partial charge in [-0.25, -0.2) is 0 Å². The van der Waals surface area contributed by atoms with Gasteiger partial charge in [0.15, 0.2) is 0 Å². The maximum absolute atomic E-state index is 9.40. The molecule has 0 saturated heterocycles. The van der Waals surface area contributed by atoms with Crippen LogP contribution in [0.1, 0.15) is 25.0 Å². The smallest absolute Gasteiger partial charge is 0.115 e. The van der Waals surface area contributed by atoms with E-state index in [0.717, 1.165) is 29.9 Å². The first kappa shape index (κ1) is 15.1. The molecule has 0 fully saturated rings. The van der Waals surface area contributed by atoms with Crippen molar-refractivity contribution in [3.8, 4) is 5.75 Å². The molecule has 1 N–H and O–H groups in total. The number of aliphatic imine (C=N–C) groups is 1. The van der Waals surface area contributed by atoms with Crippen LogP contribution in [0.2, 0.25) is 0 Å². The van der Waals surface area contributed by atoms with Gasteiger partial charge >= 0.3 is 0 Å². The van der Waals surface area contributed by atoms with Crippen LogP contribution in [-0.4, -0.2) is 24.4 Å². The van der Waals surface area contributed by atoms with Gasteiger partial charge in [0.2, 0.25) is 0 Å². The molecule has 0 aliphatic carbocycles. The van der Waals surface area contributed by atoms with Crippen LogP contribution in [0.4, 0.5) is 11.4 Å². The molecular formula is C18H22N2O. The van der Waals surface area contributed by atoms with Crippen molar-refractivity contribution in [2.24, 2.45) is 4.99 Å². The van der Waals surface area contributed by atoms with Crippen molar-refractivity contribution in [2.45, 2.75) is 20.8 Å². The summed E-state index contributed by atoms with van der Waals surface area (Å²) in [5.74, 6) is 0.273. The highest BCUT2D eigenvalue weighted by Gasteiger charge is 2.01. The quantitative estimate of drug-likeness (QED) is 0.830. The maximum Gasteiger partial charge on any atom is 0.115 e. The monoisotopic (exact) mass is 282 g/mol. The van der Waals surface area contributed by atoms with Crippen LogP contribution >= 0.6 is 0 Å². The highest BCUT2D eigenvalue weighted by atomic mass is 16.3. The molecule has 2 aromatic carbocycles. The summed E-state index contributed by atoms with van der Waals surface area (Å²) in [6.07, 6.45) is 1.85. The maximum atomic E-state index is 9.40. The number of anilines is 1. The summed E-state index contributed by atoms with van der Waals surface area (Å²) in [7, 11) is 0. The van der Waals surface area contributed by atoms with E-state index in [9.17, 15) is 5.11 Å². The Labute approximate surface area is 126 Å². The fourth-order valence-corrected chi connectivity index (χ4v) is 2.29. The third-order valence-corrected chi connectivity index (χ3v) is 3.55. The second-order valence-corrected chi connectivity index (χ2v) is 4.99. The molecule has 0 aliphatic heterocycles. The highest BCUT2D eigenvalue weighted by molar-refractivity contribution is 5.83. The molecule has 0 atom stereocenters. The van der Waals surface area contributed by atoms with Crippen LogP contribution in [0.3, 0.4) is 0 Å². The van der Waals surface area contributed by atoms with Gasteiger partial charge in [0.25, 0.3) is 0 Å². The van der Waals surface area contributed by atoms with E-state index in [1.54, 1.807) is 12.1 Å². The predicted octanol–water partition coefficient (Wildman–Crippen LogP) is 4.30. The Morgan fingerprint density at radius 3 is 2.29 bits per heavy atom. The van der Waals surface area contributed by atoms with Gasteiger partial charge in [0.05, 0.1) is 5.69 Å². The largest absolute Gasteiger partial charge is 0.508 e. The van der Waals surface area contributed by atoms with Gasteiger partial charge in [-0.15, -0.1) is 0 Å². The number of aromatic hydroxyl groups is 1. The van der Waals surface area contributed by atoms with Gasteiger partial charge < -0.3 is 10.0 Å². The fraction of sp³-hybridized carbons (Fsp3) is 0.278. The van der Waals surface area contributed by atoms with Crippen molar-refractivity contribution in [1.82, 2.24) is 0 Å². The first-order valence-electron chi connectivity index (χ1n) is 7.32. The Morgan fingerprint density at radius 2 is 1.71 bits per heavy atom. The highest BCUT2D eigenvalue weighted by Crippen LogP contribution is 2.23.